The predicted octanol–water partition coefficient (Wildman–Crippen LogP) is 1.64. The van der Waals surface area contributed by atoms with Crippen LogP contribution in [0.2, 0.25) is 0 Å². The van der Waals surface area contributed by atoms with Gasteiger partial charge >= 0.3 is 0 Å². The van der Waals surface area contributed by atoms with E-state index in [-0.39, 0.29) is 21.8 Å². The second kappa shape index (κ2) is 5.77. The fourth-order valence-corrected chi connectivity index (χ4v) is 3.21. The minimum absolute atomic E-state index is 0.0770. The molecule has 0 amide bonds. The first-order valence-corrected chi connectivity index (χ1v) is 7.56. The molecule has 1 rings (SSSR count). The molecule has 0 aliphatic carbocycles. The first-order chi connectivity index (χ1) is 8.25. The molecule has 0 bridgehead atoms. The van der Waals surface area contributed by atoms with Crippen molar-refractivity contribution < 1.29 is 8.42 Å². The van der Waals surface area contributed by atoms with Gasteiger partial charge in [0, 0.05) is 11.6 Å². The summed E-state index contributed by atoms with van der Waals surface area (Å²) < 4.78 is 27.1. The Hall–Kier alpha value is -0.980. The van der Waals surface area contributed by atoms with Gasteiger partial charge in [-0.2, -0.15) is 0 Å². The minimum Gasteiger partial charge on any atom is -0.389 e. The Morgan fingerprint density at radius 1 is 1.28 bits per heavy atom. The lowest BCUT2D eigenvalue weighted by molar-refractivity contribution is 0.476. The fraction of sp³-hybridized carbons (Fsp3) is 0.417. The number of benzene rings is 1. The van der Waals surface area contributed by atoms with E-state index in [0.29, 0.717) is 5.56 Å². The van der Waals surface area contributed by atoms with E-state index >= 15 is 0 Å². The van der Waals surface area contributed by atoms with E-state index in [1.54, 1.807) is 18.2 Å². The lowest BCUT2D eigenvalue weighted by atomic mass is 10.1. The van der Waals surface area contributed by atoms with Crippen molar-refractivity contribution in [2.45, 2.75) is 31.7 Å². The molecule has 1 aromatic rings. The van der Waals surface area contributed by atoms with Crippen molar-refractivity contribution in [2.24, 2.45) is 11.7 Å². The lowest BCUT2D eigenvalue weighted by Crippen LogP contribution is -2.37. The summed E-state index contributed by atoms with van der Waals surface area (Å²) >= 11 is 4.87. The third-order valence-corrected chi connectivity index (χ3v) is 4.62. The van der Waals surface area contributed by atoms with E-state index in [1.165, 1.54) is 6.07 Å². The molecule has 0 aromatic heterocycles. The average molecular weight is 286 g/mol. The number of rotatable bonds is 5. The van der Waals surface area contributed by atoms with Crippen LogP contribution in [0.1, 0.15) is 26.3 Å². The molecule has 0 heterocycles. The van der Waals surface area contributed by atoms with Crippen LogP contribution in [0.5, 0.6) is 0 Å². The molecule has 0 aliphatic heterocycles. The molecule has 0 aliphatic rings. The third-order valence-electron chi connectivity index (χ3n) is 2.78. The normalized spacial score (nSPS) is 13.6. The van der Waals surface area contributed by atoms with E-state index in [1.807, 2.05) is 20.8 Å². The Balaban J connectivity index is 3.17. The zero-order valence-electron chi connectivity index (χ0n) is 10.7. The summed E-state index contributed by atoms with van der Waals surface area (Å²) in [6, 6.07) is 6.31. The molecule has 1 unspecified atom stereocenters. The van der Waals surface area contributed by atoms with E-state index in [9.17, 15) is 8.42 Å². The van der Waals surface area contributed by atoms with Gasteiger partial charge in [0.2, 0.25) is 10.0 Å². The van der Waals surface area contributed by atoms with E-state index in [2.05, 4.69) is 4.72 Å². The summed E-state index contributed by atoms with van der Waals surface area (Å²) in [5, 5.41) is 0. The smallest absolute Gasteiger partial charge is 0.241 e. The Morgan fingerprint density at radius 3 is 2.33 bits per heavy atom. The molecule has 0 saturated carbocycles. The average Bonchev–Trinajstić information content (AvgIpc) is 2.28. The summed E-state index contributed by atoms with van der Waals surface area (Å²) in [6.45, 7) is 5.73. The Morgan fingerprint density at radius 2 is 1.83 bits per heavy atom. The first kappa shape index (κ1) is 15.1. The zero-order chi connectivity index (χ0) is 13.9. The van der Waals surface area contributed by atoms with Gasteiger partial charge in [-0.25, -0.2) is 13.1 Å². The number of sulfonamides is 1. The molecule has 1 aromatic carbocycles. The summed E-state index contributed by atoms with van der Waals surface area (Å²) in [4.78, 5) is 0.207. The maximum absolute atomic E-state index is 12.2. The van der Waals surface area contributed by atoms with Crippen LogP contribution in [0.15, 0.2) is 29.2 Å². The number of nitrogens with one attached hydrogen (secondary N) is 1. The molecule has 100 valence electrons. The van der Waals surface area contributed by atoms with E-state index < -0.39 is 10.0 Å². The quantitative estimate of drug-likeness (QED) is 0.807. The standard InChI is InChI=1S/C12H18N2O2S2/c1-8(2)9(3)14-18(15,16)11-7-5-4-6-10(11)12(13)17/h4-9,14H,1-3H3,(H2,13,17). The SMILES string of the molecule is CC(C)C(C)NS(=O)(=O)c1ccccc1C(N)=S. The molecular formula is C12H18N2O2S2. The molecule has 18 heavy (non-hydrogen) atoms. The maximum Gasteiger partial charge on any atom is 0.241 e. The molecule has 4 nitrogen and oxygen atoms in total. The summed E-state index contributed by atoms with van der Waals surface area (Å²) in [5.41, 5.74) is 5.91. The molecule has 1 atom stereocenters. The molecule has 6 heteroatoms. The summed E-state index contributed by atoms with van der Waals surface area (Å²) in [6.07, 6.45) is 0. The van der Waals surface area contributed by atoms with Crippen molar-refractivity contribution in [3.8, 4) is 0 Å². The summed E-state index contributed by atoms with van der Waals surface area (Å²) in [5.74, 6) is 0.205. The van der Waals surface area contributed by atoms with Crippen LogP contribution in [-0.2, 0) is 10.0 Å². The Labute approximate surface area is 114 Å². The number of nitrogens with two attached hydrogens (primary N) is 1. The van der Waals surface area contributed by atoms with Gasteiger partial charge in [0.05, 0.1) is 4.90 Å². The fourth-order valence-electron chi connectivity index (χ4n) is 1.35. The monoisotopic (exact) mass is 286 g/mol. The maximum atomic E-state index is 12.2. The Kier molecular flexibility index (Phi) is 4.84. The van der Waals surface area contributed by atoms with Gasteiger partial charge in [0.15, 0.2) is 0 Å². The van der Waals surface area contributed by atoms with Crippen LogP contribution in [-0.4, -0.2) is 19.4 Å². The minimum atomic E-state index is -3.60. The summed E-state index contributed by atoms with van der Waals surface area (Å²) in [7, 11) is -3.60. The van der Waals surface area contributed by atoms with E-state index in [0.717, 1.165) is 0 Å². The molecular weight excluding hydrogens is 268 g/mol. The van der Waals surface area contributed by atoms with Gasteiger partial charge in [-0.15, -0.1) is 0 Å². The van der Waals surface area contributed by atoms with Crippen molar-refractivity contribution in [3.63, 3.8) is 0 Å². The van der Waals surface area contributed by atoms with Crippen LogP contribution in [0.4, 0.5) is 0 Å². The second-order valence-corrected chi connectivity index (χ2v) is 6.64. The van der Waals surface area contributed by atoms with Crippen LogP contribution < -0.4 is 10.5 Å². The van der Waals surface area contributed by atoms with Crippen LogP contribution in [0.25, 0.3) is 0 Å². The number of hydrogen-bond acceptors (Lipinski definition) is 3. The van der Waals surface area contributed by atoms with Crippen molar-refractivity contribution in [1.29, 1.82) is 0 Å². The van der Waals surface area contributed by atoms with Crippen molar-refractivity contribution in [3.05, 3.63) is 29.8 Å². The van der Waals surface area contributed by atoms with Crippen molar-refractivity contribution >= 4 is 27.2 Å². The van der Waals surface area contributed by atoms with Crippen molar-refractivity contribution in [2.75, 3.05) is 0 Å². The van der Waals surface area contributed by atoms with Gasteiger partial charge in [-0.05, 0) is 18.9 Å². The molecule has 0 fully saturated rings. The lowest BCUT2D eigenvalue weighted by Gasteiger charge is -2.18. The van der Waals surface area contributed by atoms with Gasteiger partial charge in [0.25, 0.3) is 0 Å². The van der Waals surface area contributed by atoms with E-state index in [4.69, 9.17) is 18.0 Å². The highest BCUT2D eigenvalue weighted by Crippen LogP contribution is 2.16. The highest BCUT2D eigenvalue weighted by Gasteiger charge is 2.22. The highest BCUT2D eigenvalue weighted by molar-refractivity contribution is 7.89. The number of thiocarbonyl (C=S) groups is 1. The third kappa shape index (κ3) is 3.51. The first-order valence-electron chi connectivity index (χ1n) is 5.67. The molecule has 0 radical (unpaired) electrons. The zero-order valence-corrected chi connectivity index (χ0v) is 12.3. The van der Waals surface area contributed by atoms with Crippen LogP contribution >= 0.6 is 12.2 Å². The van der Waals surface area contributed by atoms with Crippen LogP contribution in [0.3, 0.4) is 0 Å². The largest absolute Gasteiger partial charge is 0.389 e. The van der Waals surface area contributed by atoms with Crippen molar-refractivity contribution in [1.82, 2.24) is 4.72 Å². The van der Waals surface area contributed by atoms with Gasteiger partial charge < -0.3 is 5.73 Å². The molecule has 0 saturated heterocycles. The molecule has 0 spiro atoms. The van der Waals surface area contributed by atoms with Gasteiger partial charge in [0.1, 0.15) is 4.99 Å². The second-order valence-electron chi connectivity index (χ2n) is 4.51. The predicted molar refractivity (Wildman–Crippen MR) is 77.0 cm³/mol. The number of hydrogen-bond donors (Lipinski definition) is 2. The Bertz CT molecular complexity index is 539. The highest BCUT2D eigenvalue weighted by atomic mass is 32.2. The molecule has 3 N–H and O–H groups in total. The van der Waals surface area contributed by atoms with Gasteiger partial charge in [-0.1, -0.05) is 44.3 Å². The topological polar surface area (TPSA) is 72.2 Å². The van der Waals surface area contributed by atoms with Gasteiger partial charge in [-0.3, -0.25) is 0 Å². The van der Waals surface area contributed by atoms with Crippen LogP contribution in [0, 0.1) is 5.92 Å².